The second-order valence-corrected chi connectivity index (χ2v) is 5.31. The summed E-state index contributed by atoms with van der Waals surface area (Å²) in [7, 11) is 0. The molecule has 1 aliphatic rings. The van der Waals surface area contributed by atoms with E-state index < -0.39 is 0 Å². The van der Waals surface area contributed by atoms with Crippen molar-refractivity contribution in [2.75, 3.05) is 30.4 Å². The van der Waals surface area contributed by atoms with Gasteiger partial charge in [0.25, 0.3) is 0 Å². The van der Waals surface area contributed by atoms with Gasteiger partial charge in [0, 0.05) is 19.2 Å². The van der Waals surface area contributed by atoms with Crippen LogP contribution in [-0.2, 0) is 4.74 Å². The Balaban J connectivity index is 2.23. The Morgan fingerprint density at radius 2 is 2.33 bits per heavy atom. The first-order chi connectivity index (χ1) is 10.2. The molecule has 0 saturated carbocycles. The Hall–Kier alpha value is -1.75. The molecule has 1 unspecified atom stereocenters. The Kier molecular flexibility index (Phi) is 5.44. The van der Waals surface area contributed by atoms with Crippen LogP contribution >= 0.6 is 0 Å². The van der Waals surface area contributed by atoms with Crippen LogP contribution in [0, 0.1) is 0 Å². The van der Waals surface area contributed by atoms with Crippen LogP contribution in [0.3, 0.4) is 0 Å². The summed E-state index contributed by atoms with van der Waals surface area (Å²) in [6.45, 7) is 3.27. The zero-order valence-corrected chi connectivity index (χ0v) is 12.5. The monoisotopic (exact) mass is 292 g/mol. The van der Waals surface area contributed by atoms with Crippen LogP contribution in [0.1, 0.15) is 43.0 Å². The molecule has 3 N–H and O–H groups in total. The first-order valence-electron chi connectivity index (χ1n) is 7.62. The van der Waals surface area contributed by atoms with Crippen molar-refractivity contribution in [2.45, 2.75) is 38.6 Å². The summed E-state index contributed by atoms with van der Waals surface area (Å²) in [5, 5.41) is 9.01. The van der Waals surface area contributed by atoms with Crippen LogP contribution in [0.4, 0.5) is 11.4 Å². The summed E-state index contributed by atoms with van der Waals surface area (Å²) >= 11 is 0. The van der Waals surface area contributed by atoms with Crippen molar-refractivity contribution in [3.8, 4) is 0 Å². The van der Waals surface area contributed by atoms with Crippen LogP contribution in [-0.4, -0.2) is 36.9 Å². The van der Waals surface area contributed by atoms with Gasteiger partial charge in [-0.15, -0.1) is 0 Å². The number of anilines is 2. The van der Waals surface area contributed by atoms with E-state index in [4.69, 9.17) is 15.6 Å². The number of aliphatic hydroxyl groups is 1. The number of rotatable bonds is 6. The average Bonchev–Trinajstić information content (AvgIpc) is 2.93. The normalized spacial score (nSPS) is 18.0. The van der Waals surface area contributed by atoms with Crippen molar-refractivity contribution in [2.24, 2.45) is 0 Å². The van der Waals surface area contributed by atoms with Crippen LogP contribution in [0.5, 0.6) is 0 Å². The highest BCUT2D eigenvalue weighted by atomic mass is 16.5. The molecule has 1 fully saturated rings. The first-order valence-corrected chi connectivity index (χ1v) is 7.62. The molecule has 2 rings (SSSR count). The van der Waals surface area contributed by atoms with Gasteiger partial charge in [-0.25, -0.2) is 4.79 Å². The maximum Gasteiger partial charge on any atom is 0.340 e. The molecule has 21 heavy (non-hydrogen) atoms. The minimum Gasteiger partial charge on any atom is -0.462 e. The average molecular weight is 292 g/mol. The lowest BCUT2D eigenvalue weighted by Crippen LogP contribution is -2.30. The molecule has 1 aromatic carbocycles. The molecule has 1 aromatic rings. The maximum atomic E-state index is 11.9. The van der Waals surface area contributed by atoms with Crippen molar-refractivity contribution in [1.29, 1.82) is 0 Å². The highest BCUT2D eigenvalue weighted by Gasteiger charge is 2.27. The van der Waals surface area contributed by atoms with Crippen LogP contribution in [0.2, 0.25) is 0 Å². The second kappa shape index (κ2) is 7.31. The van der Waals surface area contributed by atoms with E-state index in [9.17, 15) is 4.79 Å². The second-order valence-electron chi connectivity index (χ2n) is 5.31. The number of nitrogen functional groups attached to an aromatic ring is 1. The summed E-state index contributed by atoms with van der Waals surface area (Å²) in [5.41, 5.74) is 8.02. The van der Waals surface area contributed by atoms with E-state index >= 15 is 0 Å². The number of hydrogen-bond acceptors (Lipinski definition) is 5. The number of carbonyl (C=O) groups is 1. The van der Waals surface area contributed by atoms with E-state index in [1.54, 1.807) is 13.0 Å². The van der Waals surface area contributed by atoms with Gasteiger partial charge >= 0.3 is 5.97 Å². The number of para-hydroxylation sites is 1. The van der Waals surface area contributed by atoms with Crippen LogP contribution in [0.15, 0.2) is 18.2 Å². The molecule has 1 saturated heterocycles. The van der Waals surface area contributed by atoms with Gasteiger partial charge in [0.2, 0.25) is 0 Å². The molecule has 0 aliphatic carbocycles. The van der Waals surface area contributed by atoms with Gasteiger partial charge in [0.05, 0.1) is 23.5 Å². The summed E-state index contributed by atoms with van der Waals surface area (Å²) in [4.78, 5) is 14.2. The predicted octanol–water partition coefficient (Wildman–Crippen LogP) is 2.19. The van der Waals surface area contributed by atoms with E-state index in [2.05, 4.69) is 4.90 Å². The lowest BCUT2D eigenvalue weighted by molar-refractivity contribution is 0.0527. The molecule has 5 nitrogen and oxygen atoms in total. The largest absolute Gasteiger partial charge is 0.462 e. The number of nitrogens with zero attached hydrogens (tertiary/aromatic N) is 1. The first kappa shape index (κ1) is 15.6. The molecule has 0 aromatic heterocycles. The minimum atomic E-state index is -0.372. The summed E-state index contributed by atoms with van der Waals surface area (Å²) in [5.74, 6) is -0.372. The maximum absolute atomic E-state index is 11.9. The van der Waals surface area contributed by atoms with Crippen molar-refractivity contribution >= 4 is 17.3 Å². The van der Waals surface area contributed by atoms with Crippen LogP contribution in [0.25, 0.3) is 0 Å². The highest BCUT2D eigenvalue weighted by Crippen LogP contribution is 2.34. The molecular formula is C16H24N2O3. The zero-order valence-electron chi connectivity index (χ0n) is 12.5. The Morgan fingerprint density at radius 1 is 1.52 bits per heavy atom. The van der Waals surface area contributed by atoms with Gasteiger partial charge in [-0.2, -0.15) is 0 Å². The Morgan fingerprint density at radius 3 is 3.05 bits per heavy atom. The smallest absolute Gasteiger partial charge is 0.340 e. The Labute approximate surface area is 125 Å². The van der Waals surface area contributed by atoms with Gasteiger partial charge in [-0.05, 0) is 44.7 Å². The quantitative estimate of drug-likeness (QED) is 0.621. The van der Waals surface area contributed by atoms with Gasteiger partial charge in [0.1, 0.15) is 0 Å². The number of esters is 1. The van der Waals surface area contributed by atoms with E-state index in [0.29, 0.717) is 23.9 Å². The van der Waals surface area contributed by atoms with Gasteiger partial charge in [-0.1, -0.05) is 6.07 Å². The topological polar surface area (TPSA) is 75.8 Å². The molecule has 116 valence electrons. The summed E-state index contributed by atoms with van der Waals surface area (Å²) in [6, 6.07) is 5.89. The molecule has 0 bridgehead atoms. The van der Waals surface area contributed by atoms with Crippen molar-refractivity contribution in [1.82, 2.24) is 0 Å². The fourth-order valence-electron chi connectivity index (χ4n) is 2.97. The molecule has 1 heterocycles. The summed E-state index contributed by atoms with van der Waals surface area (Å²) in [6.07, 6.45) is 3.94. The lowest BCUT2D eigenvalue weighted by atomic mass is 10.1. The number of carbonyl (C=O) groups excluding carboxylic acids is 1. The molecule has 0 amide bonds. The fourth-order valence-corrected chi connectivity index (χ4v) is 2.97. The van der Waals surface area contributed by atoms with Crippen molar-refractivity contribution < 1.29 is 14.6 Å². The fraction of sp³-hybridized carbons (Fsp3) is 0.562. The molecule has 0 spiro atoms. The highest BCUT2D eigenvalue weighted by molar-refractivity contribution is 5.98. The number of benzene rings is 1. The van der Waals surface area contributed by atoms with Crippen LogP contribution < -0.4 is 10.6 Å². The van der Waals surface area contributed by atoms with E-state index in [-0.39, 0.29) is 12.6 Å². The predicted molar refractivity (Wildman–Crippen MR) is 83.5 cm³/mol. The number of aliphatic hydroxyl groups excluding tert-OH is 1. The number of nitrogens with two attached hydrogens (primary N) is 1. The third kappa shape index (κ3) is 3.47. The Bertz CT molecular complexity index is 490. The molecule has 0 radical (unpaired) electrons. The molecule has 1 atom stereocenters. The lowest BCUT2D eigenvalue weighted by Gasteiger charge is -2.28. The SMILES string of the molecule is CCOC(=O)c1cccc(N2CCCC2CCCO)c1N. The zero-order chi connectivity index (χ0) is 15.2. The van der Waals surface area contributed by atoms with Crippen molar-refractivity contribution in [3.63, 3.8) is 0 Å². The van der Waals surface area contributed by atoms with E-state index in [1.807, 2.05) is 12.1 Å². The number of ether oxygens (including phenoxy) is 1. The third-order valence-electron chi connectivity index (χ3n) is 3.96. The molecular weight excluding hydrogens is 268 g/mol. The standard InChI is InChI=1S/C16H24N2O3/c1-2-21-16(20)13-8-3-9-14(15(13)17)18-10-4-6-12(18)7-5-11-19/h3,8-9,12,19H,2,4-7,10-11,17H2,1H3. The minimum absolute atomic E-state index is 0.211. The number of hydrogen-bond donors (Lipinski definition) is 2. The molecule has 5 heteroatoms. The summed E-state index contributed by atoms with van der Waals surface area (Å²) < 4.78 is 5.05. The molecule has 1 aliphatic heterocycles. The van der Waals surface area contributed by atoms with Gasteiger partial charge in [-0.3, -0.25) is 0 Å². The van der Waals surface area contributed by atoms with Gasteiger partial charge < -0.3 is 20.5 Å². The van der Waals surface area contributed by atoms with E-state index in [0.717, 1.165) is 37.9 Å². The van der Waals surface area contributed by atoms with E-state index in [1.165, 1.54) is 0 Å². The third-order valence-corrected chi connectivity index (χ3v) is 3.96. The van der Waals surface area contributed by atoms with Gasteiger partial charge in [0.15, 0.2) is 0 Å². The van der Waals surface area contributed by atoms with Crippen molar-refractivity contribution in [3.05, 3.63) is 23.8 Å².